The van der Waals surface area contributed by atoms with Crippen molar-refractivity contribution in [2.75, 3.05) is 16.8 Å². The molecule has 0 saturated carbocycles. The molecule has 0 unspecified atom stereocenters. The number of amides is 1. The van der Waals surface area contributed by atoms with Crippen LogP contribution < -0.4 is 5.32 Å². The maximum atomic E-state index is 12.4. The molecule has 1 atom stereocenters. The minimum absolute atomic E-state index is 0.0715. The number of rotatable bonds is 3. The highest BCUT2D eigenvalue weighted by molar-refractivity contribution is 7.93. The van der Waals surface area contributed by atoms with Crippen LogP contribution in [0.4, 0.5) is 11.4 Å². The second-order valence-electron chi connectivity index (χ2n) is 6.00. The molecule has 1 fully saturated rings. The van der Waals surface area contributed by atoms with Crippen LogP contribution in [-0.4, -0.2) is 21.6 Å². The summed E-state index contributed by atoms with van der Waals surface area (Å²) in [6.07, 6.45) is 8.93. The maximum absolute atomic E-state index is 12.4. The minimum Gasteiger partial charge on any atom is -0.326 e. The first-order valence-corrected chi connectivity index (χ1v) is 9.78. The van der Waals surface area contributed by atoms with Crippen LogP contribution in [-0.2, 0) is 14.5 Å². The first-order valence-electron chi connectivity index (χ1n) is 7.93. The summed E-state index contributed by atoms with van der Waals surface area (Å²) < 4.78 is 16.8. The Morgan fingerprint density at radius 3 is 2.50 bits per heavy atom. The molecule has 1 aromatic carbocycles. The van der Waals surface area contributed by atoms with E-state index in [1.54, 1.807) is 0 Å². The van der Waals surface area contributed by atoms with Gasteiger partial charge in [0, 0.05) is 23.1 Å². The van der Waals surface area contributed by atoms with E-state index < -0.39 is 9.73 Å². The summed E-state index contributed by atoms with van der Waals surface area (Å²) in [5.41, 5.74) is 1.52. The monoisotopic (exact) mass is 318 g/mol. The summed E-state index contributed by atoms with van der Waals surface area (Å²) in [4.78, 5) is 12.2. The van der Waals surface area contributed by atoms with Crippen molar-refractivity contribution in [3.05, 3.63) is 36.4 Å². The van der Waals surface area contributed by atoms with Crippen molar-refractivity contribution in [3.8, 4) is 0 Å². The van der Waals surface area contributed by atoms with E-state index in [1.807, 2.05) is 24.3 Å². The van der Waals surface area contributed by atoms with Crippen molar-refractivity contribution in [2.24, 2.45) is 10.3 Å². The fraction of sp³-hybridized carbons (Fsp3) is 0.471. The van der Waals surface area contributed by atoms with E-state index in [4.69, 9.17) is 0 Å². The van der Waals surface area contributed by atoms with E-state index in [9.17, 15) is 9.00 Å². The lowest BCUT2D eigenvalue weighted by Crippen LogP contribution is -2.23. The standard InChI is InChI=1S/C17H22N2O2S/c20-17(14-6-2-1-3-7-14)18-15-8-10-16(11-9-15)19-22(21)12-4-5-13-22/h1-2,8-11,14H,3-7,12-13H2,(H,18,20)/t14-/m1/s1. The molecule has 1 N–H and O–H groups in total. The normalized spacial score (nSPS) is 23.2. The van der Waals surface area contributed by atoms with E-state index in [0.717, 1.165) is 43.5 Å². The molecule has 1 amide bonds. The first kappa shape index (κ1) is 15.3. The first-order chi connectivity index (χ1) is 10.6. The Labute approximate surface area is 132 Å². The second-order valence-corrected chi connectivity index (χ2v) is 8.54. The van der Waals surface area contributed by atoms with Crippen LogP contribution in [0, 0.1) is 5.92 Å². The van der Waals surface area contributed by atoms with Crippen LogP contribution in [0.15, 0.2) is 40.8 Å². The molecule has 118 valence electrons. The quantitative estimate of drug-likeness (QED) is 0.860. The Morgan fingerprint density at radius 1 is 1.14 bits per heavy atom. The van der Waals surface area contributed by atoms with Crippen LogP contribution in [0.5, 0.6) is 0 Å². The van der Waals surface area contributed by atoms with Crippen LogP contribution in [0.2, 0.25) is 0 Å². The largest absolute Gasteiger partial charge is 0.326 e. The van der Waals surface area contributed by atoms with Gasteiger partial charge in [0.05, 0.1) is 15.4 Å². The zero-order valence-corrected chi connectivity index (χ0v) is 13.5. The molecule has 1 heterocycles. The van der Waals surface area contributed by atoms with Gasteiger partial charge in [-0.3, -0.25) is 4.79 Å². The number of hydrogen-bond donors (Lipinski definition) is 1. The molecule has 5 heteroatoms. The van der Waals surface area contributed by atoms with E-state index >= 15 is 0 Å². The molecular formula is C17H22N2O2S. The average Bonchev–Trinajstić information content (AvgIpc) is 2.96. The number of hydrogen-bond acceptors (Lipinski definition) is 3. The molecule has 0 spiro atoms. The molecule has 1 aliphatic carbocycles. The lowest BCUT2D eigenvalue weighted by atomic mass is 9.93. The van der Waals surface area contributed by atoms with Gasteiger partial charge in [-0.2, -0.15) is 4.36 Å². The third-order valence-corrected chi connectivity index (χ3v) is 6.62. The van der Waals surface area contributed by atoms with E-state index in [2.05, 4.69) is 21.8 Å². The molecule has 0 radical (unpaired) electrons. The summed E-state index contributed by atoms with van der Waals surface area (Å²) in [7, 11) is -2.03. The summed E-state index contributed by atoms with van der Waals surface area (Å²) in [5.74, 6) is 1.57. The molecule has 3 rings (SSSR count). The summed E-state index contributed by atoms with van der Waals surface area (Å²) >= 11 is 0. The number of carbonyl (C=O) groups is 1. The molecule has 4 nitrogen and oxygen atoms in total. The number of benzene rings is 1. The molecule has 2 aliphatic rings. The van der Waals surface area contributed by atoms with Crippen molar-refractivity contribution in [2.45, 2.75) is 32.1 Å². The number of nitrogens with one attached hydrogen (secondary N) is 1. The third kappa shape index (κ3) is 3.77. The topological polar surface area (TPSA) is 58.5 Å². The highest BCUT2D eigenvalue weighted by Crippen LogP contribution is 2.24. The lowest BCUT2D eigenvalue weighted by Gasteiger charge is -2.17. The molecule has 22 heavy (non-hydrogen) atoms. The van der Waals surface area contributed by atoms with Gasteiger partial charge < -0.3 is 5.32 Å². The van der Waals surface area contributed by atoms with E-state index in [-0.39, 0.29) is 11.8 Å². The Bertz CT molecular complexity index is 673. The molecule has 1 aromatic rings. The van der Waals surface area contributed by atoms with Crippen molar-refractivity contribution >= 4 is 27.0 Å². The lowest BCUT2D eigenvalue weighted by molar-refractivity contribution is -0.120. The number of nitrogens with zero attached hydrogens (tertiary/aromatic N) is 1. The van der Waals surface area contributed by atoms with Gasteiger partial charge in [-0.15, -0.1) is 0 Å². The van der Waals surface area contributed by atoms with Crippen molar-refractivity contribution < 1.29 is 9.00 Å². The Kier molecular flexibility index (Phi) is 4.62. The van der Waals surface area contributed by atoms with Gasteiger partial charge in [-0.25, -0.2) is 4.21 Å². The van der Waals surface area contributed by atoms with Crippen LogP contribution in [0.25, 0.3) is 0 Å². The number of anilines is 1. The molecule has 0 bridgehead atoms. The van der Waals surface area contributed by atoms with Crippen molar-refractivity contribution in [1.82, 2.24) is 0 Å². The smallest absolute Gasteiger partial charge is 0.227 e. The van der Waals surface area contributed by atoms with Gasteiger partial charge in [-0.1, -0.05) is 12.2 Å². The predicted molar refractivity (Wildman–Crippen MR) is 90.8 cm³/mol. The predicted octanol–water partition coefficient (Wildman–Crippen LogP) is 3.87. The van der Waals surface area contributed by atoms with E-state index in [0.29, 0.717) is 11.5 Å². The summed E-state index contributed by atoms with van der Waals surface area (Å²) in [5, 5.41) is 2.96. The van der Waals surface area contributed by atoms with Gasteiger partial charge in [0.15, 0.2) is 0 Å². The highest BCUT2D eigenvalue weighted by atomic mass is 32.2. The molecule has 1 saturated heterocycles. The zero-order chi connectivity index (χ0) is 15.4. The van der Waals surface area contributed by atoms with Crippen LogP contribution >= 0.6 is 0 Å². The SMILES string of the molecule is O=C(Nc1ccc(N=S2(=O)CCCC2)cc1)[C@@H]1CC=CCC1. The third-order valence-electron chi connectivity index (χ3n) is 4.22. The van der Waals surface area contributed by atoms with Crippen LogP contribution in [0.1, 0.15) is 32.1 Å². The van der Waals surface area contributed by atoms with Gasteiger partial charge in [-0.05, 0) is 56.4 Å². The fourth-order valence-corrected chi connectivity index (χ4v) is 5.13. The molecule has 0 aromatic heterocycles. The Balaban J connectivity index is 1.65. The average molecular weight is 318 g/mol. The fourth-order valence-electron chi connectivity index (χ4n) is 2.92. The molecule has 1 aliphatic heterocycles. The van der Waals surface area contributed by atoms with Gasteiger partial charge in [0.25, 0.3) is 0 Å². The van der Waals surface area contributed by atoms with Gasteiger partial charge in [0.2, 0.25) is 5.91 Å². The Hall–Kier alpha value is -1.62. The Morgan fingerprint density at radius 2 is 1.86 bits per heavy atom. The van der Waals surface area contributed by atoms with Crippen LogP contribution in [0.3, 0.4) is 0 Å². The second kappa shape index (κ2) is 6.65. The maximum Gasteiger partial charge on any atom is 0.227 e. The summed E-state index contributed by atoms with van der Waals surface area (Å²) in [6.45, 7) is 0. The number of allylic oxidation sites excluding steroid dienone is 2. The van der Waals surface area contributed by atoms with Gasteiger partial charge in [0.1, 0.15) is 0 Å². The number of carbonyl (C=O) groups excluding carboxylic acids is 1. The summed E-state index contributed by atoms with van der Waals surface area (Å²) in [6, 6.07) is 7.35. The van der Waals surface area contributed by atoms with E-state index in [1.165, 1.54) is 0 Å². The van der Waals surface area contributed by atoms with Crippen molar-refractivity contribution in [1.29, 1.82) is 0 Å². The zero-order valence-electron chi connectivity index (χ0n) is 12.7. The van der Waals surface area contributed by atoms with Gasteiger partial charge >= 0.3 is 0 Å². The van der Waals surface area contributed by atoms with Crippen molar-refractivity contribution in [3.63, 3.8) is 0 Å². The highest BCUT2D eigenvalue weighted by Gasteiger charge is 2.19. The molecular weight excluding hydrogens is 296 g/mol. The minimum atomic E-state index is -2.03.